The molecule has 0 aromatic rings. The zero-order chi connectivity index (χ0) is 25.1. The van der Waals surface area contributed by atoms with Crippen molar-refractivity contribution >= 4 is 21.8 Å². The van der Waals surface area contributed by atoms with Crippen LogP contribution in [-0.4, -0.2) is 30.5 Å². The molecule has 0 heterocycles. The predicted molar refractivity (Wildman–Crippen MR) is 150 cm³/mol. The van der Waals surface area contributed by atoms with Crippen molar-refractivity contribution in [3.8, 4) is 0 Å². The molecule has 1 N–H and O–H groups in total. The highest BCUT2D eigenvalue weighted by Crippen LogP contribution is 2.66. The minimum Gasteiger partial charge on any atom is -0.378 e. The minimum atomic E-state index is 0.0589. The van der Waals surface area contributed by atoms with Crippen molar-refractivity contribution in [2.75, 3.05) is 18.5 Å². The maximum Gasteiger partial charge on any atom is 0.230 e. The van der Waals surface area contributed by atoms with Gasteiger partial charge < -0.3 is 10.1 Å². The second kappa shape index (κ2) is 12.0. The van der Waals surface area contributed by atoms with Crippen LogP contribution in [0.3, 0.4) is 0 Å². The number of ether oxygens (including phenoxy) is 1. The van der Waals surface area contributed by atoms with Crippen LogP contribution in [0.5, 0.6) is 0 Å². The highest BCUT2D eigenvalue weighted by Gasteiger charge is 2.58. The lowest BCUT2D eigenvalue weighted by Gasteiger charge is -2.58. The van der Waals surface area contributed by atoms with Crippen LogP contribution in [0.1, 0.15) is 111 Å². The fourth-order valence-electron chi connectivity index (χ4n) is 8.89. The zero-order valence-corrected chi connectivity index (χ0v) is 24.6. The van der Waals surface area contributed by atoms with Crippen LogP contribution in [0.25, 0.3) is 0 Å². The van der Waals surface area contributed by atoms with E-state index in [1.807, 2.05) is 0 Å². The predicted octanol–water partition coefficient (Wildman–Crippen LogP) is 8.07. The van der Waals surface area contributed by atoms with Crippen LogP contribution in [0.2, 0.25) is 0 Å². The number of nitrogens with one attached hydrogen (secondary N) is 1. The number of alkyl halides is 1. The number of hydrogen-bond acceptors (Lipinski definition) is 2. The summed E-state index contributed by atoms with van der Waals surface area (Å²) >= 11 is 3.20. The first-order valence-electron chi connectivity index (χ1n) is 14.9. The molecule has 0 aliphatic heterocycles. The van der Waals surface area contributed by atoms with Crippen molar-refractivity contribution in [3.05, 3.63) is 11.6 Å². The van der Waals surface area contributed by atoms with Crippen LogP contribution in [0.15, 0.2) is 11.6 Å². The Hall–Kier alpha value is -0.350. The number of amides is 1. The van der Waals surface area contributed by atoms with Crippen molar-refractivity contribution in [2.24, 2.45) is 40.4 Å². The summed E-state index contributed by atoms with van der Waals surface area (Å²) in [6, 6.07) is 0. The Morgan fingerprint density at radius 2 is 1.94 bits per heavy atom. The van der Waals surface area contributed by atoms with Gasteiger partial charge in [0.2, 0.25) is 5.91 Å². The summed E-state index contributed by atoms with van der Waals surface area (Å²) in [5, 5.41) is 3.30. The van der Waals surface area contributed by atoms with Crippen molar-refractivity contribution in [1.29, 1.82) is 0 Å². The van der Waals surface area contributed by atoms with Gasteiger partial charge in [0.25, 0.3) is 0 Å². The maximum absolute atomic E-state index is 11.4. The molecule has 3 fully saturated rings. The van der Waals surface area contributed by atoms with Gasteiger partial charge in [0.05, 0.1) is 11.4 Å². The van der Waals surface area contributed by atoms with E-state index in [0.717, 1.165) is 49.0 Å². The van der Waals surface area contributed by atoms with Crippen LogP contribution in [0.4, 0.5) is 0 Å². The number of carbonyl (C=O) groups is 1. The molecule has 0 bridgehead atoms. The smallest absolute Gasteiger partial charge is 0.230 e. The quantitative estimate of drug-likeness (QED) is 0.161. The molecule has 3 nitrogen and oxygen atoms in total. The molecule has 35 heavy (non-hydrogen) atoms. The van der Waals surface area contributed by atoms with Gasteiger partial charge in [-0.1, -0.05) is 74.5 Å². The summed E-state index contributed by atoms with van der Waals surface area (Å²) in [5.74, 6) is 4.65. The molecule has 200 valence electrons. The molecule has 0 aromatic heterocycles. The molecule has 0 saturated heterocycles. The SMILES string of the molecule is CC(C)CCCC[C@H]1CCC2C3CC=C4C[C@@H](OCCCNC(=O)CBr)CC[C@]4(C)C3CC[C@@]21C. The fourth-order valence-corrected chi connectivity index (χ4v) is 9.09. The molecule has 3 saturated carbocycles. The highest BCUT2D eigenvalue weighted by molar-refractivity contribution is 9.09. The summed E-state index contributed by atoms with van der Waals surface area (Å²) in [4.78, 5) is 11.4. The van der Waals surface area contributed by atoms with Gasteiger partial charge in [-0.15, -0.1) is 0 Å². The van der Waals surface area contributed by atoms with E-state index in [9.17, 15) is 4.79 Å². The number of hydrogen-bond donors (Lipinski definition) is 1. The molecule has 4 rings (SSSR count). The summed E-state index contributed by atoms with van der Waals surface area (Å²) in [6.07, 6.45) is 20.6. The molecule has 3 unspecified atom stereocenters. The van der Waals surface area contributed by atoms with E-state index in [1.54, 1.807) is 5.57 Å². The minimum absolute atomic E-state index is 0.0589. The Morgan fingerprint density at radius 1 is 1.11 bits per heavy atom. The summed E-state index contributed by atoms with van der Waals surface area (Å²) in [7, 11) is 0. The lowest BCUT2D eigenvalue weighted by molar-refractivity contribution is -0.118. The number of halogens is 1. The van der Waals surface area contributed by atoms with E-state index in [2.05, 4.69) is 55.0 Å². The lowest BCUT2D eigenvalue weighted by atomic mass is 9.47. The van der Waals surface area contributed by atoms with Crippen LogP contribution < -0.4 is 5.32 Å². The molecule has 4 aliphatic rings. The molecular weight excluding hydrogens is 498 g/mol. The second-order valence-electron chi connectivity index (χ2n) is 13.3. The van der Waals surface area contributed by atoms with E-state index < -0.39 is 0 Å². The first-order chi connectivity index (χ1) is 16.8. The third-order valence-corrected chi connectivity index (χ3v) is 11.5. The molecule has 1 amide bonds. The Balaban J connectivity index is 1.31. The zero-order valence-electron chi connectivity index (χ0n) is 23.0. The summed E-state index contributed by atoms with van der Waals surface area (Å²) in [6.45, 7) is 11.5. The van der Waals surface area contributed by atoms with Gasteiger partial charge in [0.1, 0.15) is 0 Å². The van der Waals surface area contributed by atoms with Crippen molar-refractivity contribution in [2.45, 2.75) is 117 Å². The third kappa shape index (κ3) is 6.05. The molecule has 0 radical (unpaired) electrons. The van der Waals surface area contributed by atoms with E-state index in [0.29, 0.717) is 28.8 Å². The molecule has 4 heteroatoms. The maximum atomic E-state index is 11.4. The van der Waals surface area contributed by atoms with Gasteiger partial charge in [0, 0.05) is 13.2 Å². The molecule has 0 aromatic carbocycles. The standard InChI is InChI=1S/C31H52BrNO2/c1-22(2)8-5-6-9-23-11-13-27-26-12-10-24-20-25(35-19-7-18-33-29(34)21-32)14-16-31(24,4)28(26)15-17-30(23,27)3/h10,22-23,25-28H,5-9,11-21H2,1-4H3,(H,33,34)/t23-,25-,26?,27?,28?,30+,31-/m0/s1. The second-order valence-corrected chi connectivity index (χ2v) is 13.9. The van der Waals surface area contributed by atoms with Crippen LogP contribution in [0, 0.1) is 40.4 Å². The number of fused-ring (bicyclic) bond motifs is 5. The Labute approximate surface area is 224 Å². The van der Waals surface area contributed by atoms with Crippen molar-refractivity contribution in [1.82, 2.24) is 5.32 Å². The lowest BCUT2D eigenvalue weighted by Crippen LogP contribution is -2.50. The van der Waals surface area contributed by atoms with E-state index in [4.69, 9.17) is 4.74 Å². The summed E-state index contributed by atoms with van der Waals surface area (Å²) in [5.41, 5.74) is 2.73. The van der Waals surface area contributed by atoms with Crippen molar-refractivity contribution < 1.29 is 9.53 Å². The number of carbonyl (C=O) groups excluding carboxylic acids is 1. The summed E-state index contributed by atoms with van der Waals surface area (Å²) < 4.78 is 6.29. The van der Waals surface area contributed by atoms with Gasteiger partial charge in [-0.3, -0.25) is 4.79 Å². The normalized spacial score (nSPS) is 38.5. The Morgan fingerprint density at radius 3 is 2.71 bits per heavy atom. The number of allylic oxidation sites excluding steroid dienone is 1. The highest BCUT2D eigenvalue weighted by atomic mass is 79.9. The number of rotatable bonds is 11. The molecule has 7 atom stereocenters. The van der Waals surface area contributed by atoms with E-state index >= 15 is 0 Å². The molecule has 0 spiro atoms. The van der Waals surface area contributed by atoms with Crippen molar-refractivity contribution in [3.63, 3.8) is 0 Å². The monoisotopic (exact) mass is 549 g/mol. The number of unbranched alkanes of at least 4 members (excludes halogenated alkanes) is 1. The third-order valence-electron chi connectivity index (χ3n) is 11.0. The van der Waals surface area contributed by atoms with Gasteiger partial charge in [-0.05, 0) is 105 Å². The average molecular weight is 551 g/mol. The Bertz CT molecular complexity index is 750. The van der Waals surface area contributed by atoms with Crippen LogP contribution in [-0.2, 0) is 9.53 Å². The van der Waals surface area contributed by atoms with Gasteiger partial charge in [-0.2, -0.15) is 0 Å². The first kappa shape index (κ1) is 27.7. The first-order valence-corrected chi connectivity index (χ1v) is 16.0. The fraction of sp³-hybridized carbons (Fsp3) is 0.903. The van der Waals surface area contributed by atoms with Gasteiger partial charge in [0.15, 0.2) is 0 Å². The van der Waals surface area contributed by atoms with E-state index in [-0.39, 0.29) is 5.91 Å². The topological polar surface area (TPSA) is 38.3 Å². The largest absolute Gasteiger partial charge is 0.378 e. The Kier molecular flexibility index (Phi) is 9.50. The van der Waals surface area contributed by atoms with Gasteiger partial charge >= 0.3 is 0 Å². The van der Waals surface area contributed by atoms with Crippen LogP contribution >= 0.6 is 15.9 Å². The average Bonchev–Trinajstić information content (AvgIpc) is 3.17. The molecule has 4 aliphatic carbocycles. The van der Waals surface area contributed by atoms with Gasteiger partial charge in [-0.25, -0.2) is 0 Å². The molecular formula is C31H52BrNO2. The van der Waals surface area contributed by atoms with E-state index in [1.165, 1.54) is 70.6 Å².